The van der Waals surface area contributed by atoms with Gasteiger partial charge in [-0.2, -0.15) is 0 Å². The average Bonchev–Trinajstić information content (AvgIpc) is 3.35. The normalized spacial score (nSPS) is 20.4. The summed E-state index contributed by atoms with van der Waals surface area (Å²) in [5.74, 6) is -0.739. The van der Waals surface area contributed by atoms with Gasteiger partial charge in [0.2, 0.25) is 0 Å². The van der Waals surface area contributed by atoms with E-state index < -0.39 is 19.5 Å². The zero-order valence-corrected chi connectivity index (χ0v) is 17.2. The Morgan fingerprint density at radius 1 is 1.20 bits per heavy atom. The molecule has 0 bridgehead atoms. The molecule has 2 aromatic rings. The van der Waals surface area contributed by atoms with Gasteiger partial charge in [-0.3, -0.25) is 0 Å². The third kappa shape index (κ3) is 4.51. The van der Waals surface area contributed by atoms with Gasteiger partial charge in [0, 0.05) is 0 Å². The van der Waals surface area contributed by atoms with Crippen molar-refractivity contribution >= 4 is 45.3 Å². The maximum absolute atomic E-state index is 12.1. The van der Waals surface area contributed by atoms with Crippen molar-refractivity contribution < 1.29 is 45.6 Å². The predicted octanol–water partition coefficient (Wildman–Crippen LogP) is -1.73. The van der Waals surface area contributed by atoms with Crippen LogP contribution >= 0.6 is 22.6 Å². The molecule has 25 heavy (non-hydrogen) atoms. The van der Waals surface area contributed by atoms with Crippen LogP contribution in [-0.4, -0.2) is 37.9 Å². The number of carbonyl (C=O) groups excluding carboxylic acids is 2. The van der Waals surface area contributed by atoms with E-state index in [1.54, 1.807) is 36.4 Å². The number of phenols is 1. The Balaban J connectivity index is 1.49. The molecule has 134 valence electrons. The first-order valence-electron chi connectivity index (χ1n) is 7.31. The van der Waals surface area contributed by atoms with Gasteiger partial charge < -0.3 is 5.11 Å². The molecule has 7 nitrogen and oxygen atoms in total. The van der Waals surface area contributed by atoms with Gasteiger partial charge in [-0.1, -0.05) is 0 Å². The quantitative estimate of drug-likeness (QED) is 0.0720. The SMILES string of the molecule is NC1(C(I)C(=O)OCCOC(=O)c2ccc3cc(O)ccc3c2)N[I-]1. The minimum absolute atomic E-state index is 0.0140. The molecule has 9 heteroatoms. The molecule has 1 heterocycles. The molecule has 0 radical (unpaired) electrons. The van der Waals surface area contributed by atoms with Crippen LogP contribution in [0, 0.1) is 0 Å². The van der Waals surface area contributed by atoms with E-state index in [1.165, 1.54) is 0 Å². The molecule has 1 saturated heterocycles. The Bertz CT molecular complexity index is 825. The standard InChI is InChI=1S/C16H15I2N2O5/c17-13(16(19)18-20-16)15(23)25-6-5-24-14(22)11-2-1-10-8-12(21)4-3-9(10)7-11/h1-4,7-8,13,20-21H,5-6,19H2/q-1. The molecule has 2 atom stereocenters. The van der Waals surface area contributed by atoms with Crippen LogP contribution in [-0.2, 0) is 14.3 Å². The Labute approximate surface area is 168 Å². The van der Waals surface area contributed by atoms with E-state index in [2.05, 4.69) is 3.53 Å². The van der Waals surface area contributed by atoms with Gasteiger partial charge in [-0.05, 0) is 12.1 Å². The number of benzene rings is 2. The van der Waals surface area contributed by atoms with Crippen molar-refractivity contribution in [1.29, 1.82) is 0 Å². The first kappa shape index (κ1) is 18.6. The number of halogens is 2. The molecule has 0 spiro atoms. The summed E-state index contributed by atoms with van der Waals surface area (Å²) in [6.45, 7) is -0.0402. The van der Waals surface area contributed by atoms with Gasteiger partial charge in [0.15, 0.2) is 0 Å². The molecule has 1 fully saturated rings. The number of nitrogens with one attached hydrogen (secondary N) is 1. The van der Waals surface area contributed by atoms with Crippen molar-refractivity contribution in [3.05, 3.63) is 42.0 Å². The van der Waals surface area contributed by atoms with Crippen molar-refractivity contribution in [3.63, 3.8) is 0 Å². The Hall–Kier alpha value is -1.18. The number of carbonyl (C=O) groups is 2. The molecule has 2 aromatic carbocycles. The van der Waals surface area contributed by atoms with Gasteiger partial charge >= 0.3 is 146 Å². The summed E-state index contributed by atoms with van der Waals surface area (Å²) in [4.78, 5) is 23.9. The van der Waals surface area contributed by atoms with Crippen LogP contribution in [0.2, 0.25) is 0 Å². The van der Waals surface area contributed by atoms with Crippen LogP contribution in [0.5, 0.6) is 5.75 Å². The van der Waals surface area contributed by atoms with Crippen LogP contribution in [0.3, 0.4) is 0 Å². The Kier molecular flexibility index (Phi) is 5.65. The Morgan fingerprint density at radius 3 is 2.56 bits per heavy atom. The van der Waals surface area contributed by atoms with E-state index >= 15 is 0 Å². The van der Waals surface area contributed by atoms with Crippen molar-refractivity contribution in [2.24, 2.45) is 5.73 Å². The van der Waals surface area contributed by atoms with Gasteiger partial charge in [-0.15, -0.1) is 0 Å². The summed E-state index contributed by atoms with van der Waals surface area (Å²) in [5.41, 5.74) is 6.30. The number of aromatic hydroxyl groups is 1. The molecule has 1 aliphatic heterocycles. The van der Waals surface area contributed by atoms with Crippen LogP contribution in [0.1, 0.15) is 10.4 Å². The zero-order valence-electron chi connectivity index (χ0n) is 12.9. The van der Waals surface area contributed by atoms with Gasteiger partial charge in [0.05, 0.1) is 0 Å². The number of phenolic OH excluding ortho intramolecular Hbond substituents is 1. The monoisotopic (exact) mass is 569 g/mol. The number of esters is 2. The fourth-order valence-corrected chi connectivity index (χ4v) is 4.99. The second kappa shape index (κ2) is 7.60. The summed E-state index contributed by atoms with van der Waals surface area (Å²) in [6.07, 6.45) is 0. The third-order valence-corrected chi connectivity index (χ3v) is 8.60. The molecule has 0 saturated carbocycles. The van der Waals surface area contributed by atoms with E-state index in [0.717, 1.165) is 10.8 Å². The average molecular weight is 569 g/mol. The number of hydrogen-bond donors (Lipinski definition) is 3. The molecule has 0 aliphatic carbocycles. The number of fused-ring (bicyclic) bond motifs is 1. The van der Waals surface area contributed by atoms with Gasteiger partial charge in [0.25, 0.3) is 0 Å². The molecule has 4 N–H and O–H groups in total. The van der Waals surface area contributed by atoms with Crippen molar-refractivity contribution in [1.82, 2.24) is 3.53 Å². The summed E-state index contributed by atoms with van der Waals surface area (Å²) >= 11 is 1.62. The molecule has 2 unspecified atom stereocenters. The topological polar surface area (TPSA) is 121 Å². The molecule has 0 aromatic heterocycles. The van der Waals surface area contributed by atoms with Crippen LogP contribution in [0.15, 0.2) is 36.4 Å². The van der Waals surface area contributed by atoms with Gasteiger partial charge in [0.1, 0.15) is 5.75 Å². The second-order valence-electron chi connectivity index (χ2n) is 5.37. The predicted molar refractivity (Wildman–Crippen MR) is 94.7 cm³/mol. The van der Waals surface area contributed by atoms with Crippen LogP contribution < -0.4 is 30.7 Å². The second-order valence-corrected chi connectivity index (χ2v) is 9.48. The number of ether oxygens (including phenoxy) is 2. The first-order chi connectivity index (χ1) is 11.9. The number of nitrogens with two attached hydrogens (primary N) is 1. The maximum atomic E-state index is 12.1. The van der Waals surface area contributed by atoms with Crippen molar-refractivity contribution in [2.45, 2.75) is 7.59 Å². The first-order valence-corrected chi connectivity index (χ1v) is 10.7. The Morgan fingerprint density at radius 2 is 1.84 bits per heavy atom. The molecule has 0 amide bonds. The molecule has 1 aliphatic rings. The van der Waals surface area contributed by atoms with E-state index in [1.807, 2.05) is 22.6 Å². The van der Waals surface area contributed by atoms with E-state index in [-0.39, 0.29) is 40.4 Å². The summed E-state index contributed by atoms with van der Waals surface area (Å²) < 4.78 is 12.2. The third-order valence-electron chi connectivity index (χ3n) is 3.51. The summed E-state index contributed by atoms with van der Waals surface area (Å²) in [7, 11) is 0. The van der Waals surface area contributed by atoms with Crippen LogP contribution in [0.25, 0.3) is 10.8 Å². The van der Waals surface area contributed by atoms with Crippen molar-refractivity contribution in [2.75, 3.05) is 13.2 Å². The van der Waals surface area contributed by atoms with E-state index in [0.29, 0.717) is 5.56 Å². The van der Waals surface area contributed by atoms with Crippen molar-refractivity contribution in [3.8, 4) is 5.75 Å². The van der Waals surface area contributed by atoms with Gasteiger partial charge in [-0.25, -0.2) is 0 Å². The fourth-order valence-electron chi connectivity index (χ4n) is 2.12. The molecular weight excluding hydrogens is 554 g/mol. The summed E-state index contributed by atoms with van der Waals surface area (Å²) in [5, 5.41) is 11.1. The summed E-state index contributed by atoms with van der Waals surface area (Å²) in [6, 6.07) is 9.94. The molecular formula is C16H15I2N2O5-. The minimum atomic E-state index is -0.577. The fraction of sp³-hybridized carbons (Fsp3) is 0.250. The molecule has 3 rings (SSSR count). The number of alkyl halides is 2. The zero-order chi connectivity index (χ0) is 18.0. The number of hydrogen-bond acceptors (Lipinski definition) is 7. The van der Waals surface area contributed by atoms with E-state index in [9.17, 15) is 14.7 Å². The van der Waals surface area contributed by atoms with Crippen LogP contribution in [0.4, 0.5) is 0 Å². The number of rotatable bonds is 6. The van der Waals surface area contributed by atoms with E-state index in [4.69, 9.17) is 15.2 Å².